The Morgan fingerprint density at radius 1 is 1.12 bits per heavy atom. The topological polar surface area (TPSA) is 103 Å². The number of likely N-dealkylation sites (tertiary alicyclic amines) is 1. The van der Waals surface area contributed by atoms with Crippen molar-refractivity contribution < 1.29 is 14.5 Å². The molecule has 4 rings (SSSR count). The Balaban J connectivity index is 1.44. The third kappa shape index (κ3) is 4.78. The molecule has 166 valence electrons. The Bertz CT molecular complexity index is 1070. The number of hydrogen-bond donors (Lipinski definition) is 1. The SMILES string of the molecule is COc1ccc(C(CNC(=O)c2ccn(-c3ccc([N+](=O)[O-])cc3)n2)N2CCCC2)cc1. The van der Waals surface area contributed by atoms with Crippen LogP contribution in [-0.2, 0) is 0 Å². The predicted molar refractivity (Wildman–Crippen MR) is 119 cm³/mol. The highest BCUT2D eigenvalue weighted by Crippen LogP contribution is 2.26. The fraction of sp³-hybridized carbons (Fsp3) is 0.304. The number of hydrogen-bond acceptors (Lipinski definition) is 6. The third-order valence-corrected chi connectivity index (χ3v) is 5.68. The first-order valence-electron chi connectivity index (χ1n) is 10.5. The molecule has 0 aliphatic carbocycles. The van der Waals surface area contributed by atoms with Gasteiger partial charge >= 0.3 is 0 Å². The van der Waals surface area contributed by atoms with Crippen molar-refractivity contribution in [3.05, 3.63) is 82.2 Å². The molecule has 1 aromatic heterocycles. The molecule has 1 amide bonds. The lowest BCUT2D eigenvalue weighted by Gasteiger charge is -2.28. The normalized spacial score (nSPS) is 14.8. The van der Waals surface area contributed by atoms with Crippen molar-refractivity contribution in [1.29, 1.82) is 0 Å². The quantitative estimate of drug-likeness (QED) is 0.430. The summed E-state index contributed by atoms with van der Waals surface area (Å²) in [6, 6.07) is 15.7. The molecule has 2 heterocycles. The van der Waals surface area contributed by atoms with Gasteiger partial charge in [0.15, 0.2) is 5.69 Å². The Morgan fingerprint density at radius 2 is 1.81 bits per heavy atom. The number of amides is 1. The standard InChI is InChI=1S/C23H25N5O4/c1-32-20-10-4-17(5-11-20)22(26-13-2-3-14-26)16-24-23(29)21-12-15-27(25-21)18-6-8-19(9-7-18)28(30)31/h4-12,15,22H,2-3,13-14,16H2,1H3,(H,24,29). The van der Waals surface area contributed by atoms with Crippen molar-refractivity contribution in [1.82, 2.24) is 20.0 Å². The summed E-state index contributed by atoms with van der Waals surface area (Å²) in [5.74, 6) is 0.540. The molecule has 2 aromatic carbocycles. The van der Waals surface area contributed by atoms with Crippen LogP contribution in [0.2, 0.25) is 0 Å². The third-order valence-electron chi connectivity index (χ3n) is 5.68. The minimum atomic E-state index is -0.453. The first-order chi connectivity index (χ1) is 15.5. The summed E-state index contributed by atoms with van der Waals surface area (Å²) in [4.78, 5) is 25.5. The van der Waals surface area contributed by atoms with Crippen molar-refractivity contribution in [2.45, 2.75) is 18.9 Å². The van der Waals surface area contributed by atoms with Gasteiger partial charge in [-0.15, -0.1) is 0 Å². The van der Waals surface area contributed by atoms with Crippen LogP contribution in [0.25, 0.3) is 5.69 Å². The molecule has 0 radical (unpaired) electrons. The Morgan fingerprint density at radius 3 is 2.44 bits per heavy atom. The Kier molecular flexibility index (Phi) is 6.46. The molecule has 1 fully saturated rings. The molecule has 1 unspecified atom stereocenters. The molecule has 1 aliphatic heterocycles. The summed E-state index contributed by atoms with van der Waals surface area (Å²) < 4.78 is 6.79. The van der Waals surface area contributed by atoms with E-state index >= 15 is 0 Å². The number of aromatic nitrogens is 2. The van der Waals surface area contributed by atoms with Gasteiger partial charge in [-0.1, -0.05) is 12.1 Å². The van der Waals surface area contributed by atoms with E-state index < -0.39 is 4.92 Å². The molecule has 32 heavy (non-hydrogen) atoms. The zero-order chi connectivity index (χ0) is 22.5. The number of carbonyl (C=O) groups excluding carboxylic acids is 1. The highest BCUT2D eigenvalue weighted by molar-refractivity contribution is 5.92. The number of rotatable bonds is 8. The lowest BCUT2D eigenvalue weighted by Crippen LogP contribution is -2.37. The number of benzene rings is 2. The highest BCUT2D eigenvalue weighted by Gasteiger charge is 2.24. The maximum Gasteiger partial charge on any atom is 0.271 e. The fourth-order valence-corrected chi connectivity index (χ4v) is 3.93. The lowest BCUT2D eigenvalue weighted by molar-refractivity contribution is -0.384. The van der Waals surface area contributed by atoms with Crippen LogP contribution in [0.15, 0.2) is 60.8 Å². The van der Waals surface area contributed by atoms with Gasteiger partial charge in [0.1, 0.15) is 5.75 Å². The van der Waals surface area contributed by atoms with Crippen LogP contribution in [0.1, 0.15) is 34.9 Å². The van der Waals surface area contributed by atoms with Crippen LogP contribution in [0.3, 0.4) is 0 Å². The Hall–Kier alpha value is -3.72. The van der Waals surface area contributed by atoms with E-state index in [-0.39, 0.29) is 17.6 Å². The molecule has 1 atom stereocenters. The van der Waals surface area contributed by atoms with Gasteiger partial charge in [0.2, 0.25) is 0 Å². The van der Waals surface area contributed by atoms with Crippen LogP contribution in [0.5, 0.6) is 5.75 Å². The molecule has 0 saturated carbocycles. The second-order valence-electron chi connectivity index (χ2n) is 7.66. The molecule has 0 spiro atoms. The molecule has 9 heteroatoms. The number of nitrogens with zero attached hydrogens (tertiary/aromatic N) is 4. The van der Waals surface area contributed by atoms with Crippen molar-refractivity contribution in [2.75, 3.05) is 26.7 Å². The van der Waals surface area contributed by atoms with Crippen LogP contribution in [0, 0.1) is 10.1 Å². The van der Waals surface area contributed by atoms with Gasteiger partial charge in [0.05, 0.1) is 23.8 Å². The average molecular weight is 435 g/mol. The van der Waals surface area contributed by atoms with Crippen molar-refractivity contribution >= 4 is 11.6 Å². The minimum absolute atomic E-state index is 0.00496. The molecule has 1 saturated heterocycles. The van der Waals surface area contributed by atoms with Gasteiger partial charge in [-0.25, -0.2) is 4.68 Å². The second-order valence-corrected chi connectivity index (χ2v) is 7.66. The molecular formula is C23H25N5O4. The second kappa shape index (κ2) is 9.61. The summed E-state index contributed by atoms with van der Waals surface area (Å²) >= 11 is 0. The van der Waals surface area contributed by atoms with Gasteiger partial charge in [-0.05, 0) is 61.8 Å². The van der Waals surface area contributed by atoms with Crippen LogP contribution in [0.4, 0.5) is 5.69 Å². The molecule has 1 aliphatic rings. The van der Waals surface area contributed by atoms with Crippen molar-refractivity contribution in [3.63, 3.8) is 0 Å². The number of methoxy groups -OCH3 is 1. The Labute approximate surface area is 185 Å². The number of ether oxygens (including phenoxy) is 1. The summed E-state index contributed by atoms with van der Waals surface area (Å²) in [6.45, 7) is 2.47. The summed E-state index contributed by atoms with van der Waals surface area (Å²) in [7, 11) is 1.64. The molecule has 3 aromatic rings. The number of carbonyl (C=O) groups is 1. The average Bonchev–Trinajstić information content (AvgIpc) is 3.52. The number of nitro groups is 1. The van der Waals surface area contributed by atoms with Crippen molar-refractivity contribution in [3.8, 4) is 11.4 Å². The molecule has 1 N–H and O–H groups in total. The van der Waals surface area contributed by atoms with E-state index in [0.29, 0.717) is 17.9 Å². The largest absolute Gasteiger partial charge is 0.497 e. The van der Waals surface area contributed by atoms with Gasteiger partial charge in [0, 0.05) is 24.9 Å². The summed E-state index contributed by atoms with van der Waals surface area (Å²) in [5.41, 5.74) is 2.07. The van der Waals surface area contributed by atoms with E-state index in [0.717, 1.165) is 37.2 Å². The number of non-ortho nitro benzene ring substituents is 1. The van der Waals surface area contributed by atoms with E-state index in [9.17, 15) is 14.9 Å². The smallest absolute Gasteiger partial charge is 0.271 e. The highest BCUT2D eigenvalue weighted by atomic mass is 16.6. The summed E-state index contributed by atoms with van der Waals surface area (Å²) in [6.07, 6.45) is 3.97. The predicted octanol–water partition coefficient (Wildman–Crippen LogP) is 3.36. The van der Waals surface area contributed by atoms with E-state index in [1.54, 1.807) is 31.5 Å². The fourth-order valence-electron chi connectivity index (χ4n) is 3.93. The van der Waals surface area contributed by atoms with Gasteiger partial charge in [-0.3, -0.25) is 19.8 Å². The molecule has 0 bridgehead atoms. The van der Waals surface area contributed by atoms with Gasteiger partial charge < -0.3 is 10.1 Å². The first-order valence-corrected chi connectivity index (χ1v) is 10.5. The first kappa shape index (κ1) is 21.5. The van der Waals surface area contributed by atoms with E-state index in [1.807, 2.05) is 24.3 Å². The van der Waals surface area contributed by atoms with Crippen LogP contribution >= 0.6 is 0 Å². The van der Waals surface area contributed by atoms with Gasteiger partial charge in [-0.2, -0.15) is 5.10 Å². The number of nitro benzene ring substituents is 1. The van der Waals surface area contributed by atoms with E-state index in [4.69, 9.17) is 4.74 Å². The zero-order valence-electron chi connectivity index (χ0n) is 17.8. The minimum Gasteiger partial charge on any atom is -0.497 e. The monoisotopic (exact) mass is 435 g/mol. The van der Waals surface area contributed by atoms with E-state index in [1.165, 1.54) is 16.8 Å². The number of nitrogens with one attached hydrogen (secondary N) is 1. The zero-order valence-corrected chi connectivity index (χ0v) is 17.8. The van der Waals surface area contributed by atoms with Gasteiger partial charge in [0.25, 0.3) is 11.6 Å². The van der Waals surface area contributed by atoms with E-state index in [2.05, 4.69) is 15.3 Å². The maximum absolute atomic E-state index is 12.8. The maximum atomic E-state index is 12.8. The van der Waals surface area contributed by atoms with Crippen LogP contribution in [-0.4, -0.2) is 52.3 Å². The molecule has 9 nitrogen and oxygen atoms in total. The van der Waals surface area contributed by atoms with Crippen molar-refractivity contribution in [2.24, 2.45) is 0 Å². The lowest BCUT2D eigenvalue weighted by atomic mass is 10.1. The molecular weight excluding hydrogens is 410 g/mol. The summed E-state index contributed by atoms with van der Waals surface area (Å²) in [5, 5.41) is 18.2. The van der Waals surface area contributed by atoms with Crippen LogP contribution < -0.4 is 10.1 Å².